The minimum Gasteiger partial charge on any atom is -0.298 e. The quantitative estimate of drug-likeness (QED) is 0.732. The smallest absolute Gasteiger partial charge is 0.263 e. The molecule has 2 aromatic rings. The first-order valence-electron chi connectivity index (χ1n) is 5.25. The SMILES string of the molecule is O=Cc1cc(-c2ccc(C(F)F)cc2)ccc1Cl. The molecule has 0 fully saturated rings. The molecule has 2 aromatic carbocycles. The first-order chi connectivity index (χ1) is 8.61. The summed E-state index contributed by atoms with van der Waals surface area (Å²) in [5.74, 6) is 0. The van der Waals surface area contributed by atoms with Gasteiger partial charge in [-0.05, 0) is 23.3 Å². The predicted octanol–water partition coefficient (Wildman–Crippen LogP) is 4.76. The summed E-state index contributed by atoms with van der Waals surface area (Å²) in [6.07, 6.45) is -1.81. The van der Waals surface area contributed by atoms with Crippen molar-refractivity contribution in [2.24, 2.45) is 0 Å². The van der Waals surface area contributed by atoms with Crippen LogP contribution in [0.3, 0.4) is 0 Å². The summed E-state index contributed by atoms with van der Waals surface area (Å²) in [6, 6.07) is 10.9. The Morgan fingerprint density at radius 1 is 1.00 bits per heavy atom. The molecular weight excluding hydrogens is 258 g/mol. The number of benzene rings is 2. The van der Waals surface area contributed by atoms with Crippen molar-refractivity contribution < 1.29 is 13.6 Å². The molecule has 0 aliphatic heterocycles. The van der Waals surface area contributed by atoms with Crippen molar-refractivity contribution in [1.82, 2.24) is 0 Å². The standard InChI is InChI=1S/C14H9ClF2O/c15-13-6-5-11(7-12(13)8-18)9-1-3-10(4-2-9)14(16)17/h1-8,14H. The highest BCUT2D eigenvalue weighted by Gasteiger charge is 2.07. The number of carbonyl (C=O) groups is 1. The molecule has 0 spiro atoms. The highest BCUT2D eigenvalue weighted by Crippen LogP contribution is 2.26. The summed E-state index contributed by atoms with van der Waals surface area (Å²) in [6.45, 7) is 0. The van der Waals surface area contributed by atoms with Crippen LogP contribution in [0.1, 0.15) is 22.3 Å². The number of carbonyl (C=O) groups excluding carboxylic acids is 1. The van der Waals surface area contributed by atoms with E-state index in [9.17, 15) is 13.6 Å². The van der Waals surface area contributed by atoms with E-state index in [0.29, 0.717) is 16.9 Å². The topological polar surface area (TPSA) is 17.1 Å². The lowest BCUT2D eigenvalue weighted by Crippen LogP contribution is -1.87. The van der Waals surface area contributed by atoms with E-state index in [1.807, 2.05) is 0 Å². The van der Waals surface area contributed by atoms with Crippen molar-refractivity contribution in [2.75, 3.05) is 0 Å². The highest BCUT2D eigenvalue weighted by atomic mass is 35.5. The number of alkyl halides is 2. The van der Waals surface area contributed by atoms with Crippen molar-refractivity contribution in [2.45, 2.75) is 6.43 Å². The zero-order chi connectivity index (χ0) is 13.1. The Balaban J connectivity index is 2.39. The van der Waals surface area contributed by atoms with Crippen LogP contribution < -0.4 is 0 Å². The monoisotopic (exact) mass is 266 g/mol. The van der Waals surface area contributed by atoms with Gasteiger partial charge in [-0.2, -0.15) is 0 Å². The molecule has 0 saturated carbocycles. The second-order valence-electron chi connectivity index (χ2n) is 3.78. The Bertz CT molecular complexity index is 565. The molecule has 0 radical (unpaired) electrons. The Hall–Kier alpha value is -1.74. The Kier molecular flexibility index (Phi) is 3.72. The van der Waals surface area contributed by atoms with Gasteiger partial charge in [0, 0.05) is 11.1 Å². The van der Waals surface area contributed by atoms with E-state index < -0.39 is 6.43 Å². The fourth-order valence-electron chi connectivity index (χ4n) is 1.63. The molecule has 0 saturated heterocycles. The zero-order valence-electron chi connectivity index (χ0n) is 9.24. The van der Waals surface area contributed by atoms with Gasteiger partial charge in [0.1, 0.15) is 0 Å². The molecule has 92 valence electrons. The van der Waals surface area contributed by atoms with Gasteiger partial charge in [0.25, 0.3) is 6.43 Å². The lowest BCUT2D eigenvalue weighted by atomic mass is 10.0. The van der Waals surface area contributed by atoms with E-state index in [0.717, 1.165) is 11.1 Å². The maximum Gasteiger partial charge on any atom is 0.263 e. The molecule has 0 atom stereocenters. The zero-order valence-corrected chi connectivity index (χ0v) is 9.99. The van der Waals surface area contributed by atoms with Crippen LogP contribution in [0.25, 0.3) is 11.1 Å². The average Bonchev–Trinajstić information content (AvgIpc) is 2.39. The van der Waals surface area contributed by atoms with Gasteiger partial charge in [0.15, 0.2) is 6.29 Å². The van der Waals surface area contributed by atoms with E-state index in [1.165, 1.54) is 12.1 Å². The van der Waals surface area contributed by atoms with E-state index in [1.54, 1.807) is 30.3 Å². The largest absolute Gasteiger partial charge is 0.298 e. The van der Waals surface area contributed by atoms with Gasteiger partial charge >= 0.3 is 0 Å². The maximum atomic E-state index is 12.4. The molecule has 2 rings (SSSR count). The Labute approximate surface area is 108 Å². The van der Waals surface area contributed by atoms with E-state index in [-0.39, 0.29) is 5.56 Å². The number of aldehydes is 1. The van der Waals surface area contributed by atoms with Gasteiger partial charge in [0.05, 0.1) is 5.02 Å². The molecule has 0 aliphatic carbocycles. The molecule has 0 unspecified atom stereocenters. The maximum absolute atomic E-state index is 12.4. The fraction of sp³-hybridized carbons (Fsp3) is 0.0714. The van der Waals surface area contributed by atoms with Crippen molar-refractivity contribution in [3.05, 3.63) is 58.6 Å². The van der Waals surface area contributed by atoms with Gasteiger partial charge in [-0.3, -0.25) is 4.79 Å². The lowest BCUT2D eigenvalue weighted by molar-refractivity contribution is 0.112. The van der Waals surface area contributed by atoms with Crippen LogP contribution in [0.2, 0.25) is 5.02 Å². The van der Waals surface area contributed by atoms with Gasteiger partial charge in [-0.15, -0.1) is 0 Å². The number of hydrogen-bond acceptors (Lipinski definition) is 1. The summed E-state index contributed by atoms with van der Waals surface area (Å²) < 4.78 is 24.8. The van der Waals surface area contributed by atoms with Crippen molar-refractivity contribution in [1.29, 1.82) is 0 Å². The van der Waals surface area contributed by atoms with Crippen LogP contribution in [-0.2, 0) is 0 Å². The van der Waals surface area contributed by atoms with Crippen LogP contribution in [0.5, 0.6) is 0 Å². The summed E-state index contributed by atoms with van der Waals surface area (Å²) in [5.41, 5.74) is 1.89. The van der Waals surface area contributed by atoms with Crippen LogP contribution >= 0.6 is 11.6 Å². The minimum absolute atomic E-state index is 0.0247. The predicted molar refractivity (Wildman–Crippen MR) is 67.2 cm³/mol. The third-order valence-corrected chi connectivity index (χ3v) is 2.96. The molecule has 0 amide bonds. The van der Waals surface area contributed by atoms with E-state index in [4.69, 9.17) is 11.6 Å². The molecule has 18 heavy (non-hydrogen) atoms. The number of rotatable bonds is 3. The van der Waals surface area contributed by atoms with Crippen molar-refractivity contribution in [3.8, 4) is 11.1 Å². The summed E-state index contributed by atoms with van der Waals surface area (Å²) in [5, 5.41) is 0.373. The minimum atomic E-state index is -2.48. The molecule has 0 heterocycles. The normalized spacial score (nSPS) is 10.7. The molecular formula is C14H9ClF2O. The highest BCUT2D eigenvalue weighted by molar-refractivity contribution is 6.33. The number of halogens is 3. The molecule has 0 bridgehead atoms. The lowest BCUT2D eigenvalue weighted by Gasteiger charge is -2.05. The van der Waals surface area contributed by atoms with Gasteiger partial charge in [-0.25, -0.2) is 8.78 Å². The van der Waals surface area contributed by atoms with Crippen molar-refractivity contribution >= 4 is 17.9 Å². The van der Waals surface area contributed by atoms with Gasteiger partial charge in [0.2, 0.25) is 0 Å². The Morgan fingerprint density at radius 3 is 2.17 bits per heavy atom. The molecule has 0 N–H and O–H groups in total. The molecule has 1 nitrogen and oxygen atoms in total. The van der Waals surface area contributed by atoms with Crippen LogP contribution in [0.15, 0.2) is 42.5 Å². The average molecular weight is 267 g/mol. The van der Waals surface area contributed by atoms with Gasteiger partial charge in [-0.1, -0.05) is 41.9 Å². The van der Waals surface area contributed by atoms with Crippen LogP contribution in [-0.4, -0.2) is 6.29 Å². The van der Waals surface area contributed by atoms with Crippen LogP contribution in [0.4, 0.5) is 8.78 Å². The second kappa shape index (κ2) is 5.27. The summed E-state index contributed by atoms with van der Waals surface area (Å²) in [4.78, 5) is 10.8. The second-order valence-corrected chi connectivity index (χ2v) is 4.18. The van der Waals surface area contributed by atoms with E-state index >= 15 is 0 Å². The van der Waals surface area contributed by atoms with E-state index in [2.05, 4.69) is 0 Å². The third kappa shape index (κ3) is 2.57. The molecule has 4 heteroatoms. The first kappa shape index (κ1) is 12.7. The van der Waals surface area contributed by atoms with Crippen molar-refractivity contribution in [3.63, 3.8) is 0 Å². The molecule has 0 aliphatic rings. The molecule has 0 aromatic heterocycles. The number of hydrogen-bond donors (Lipinski definition) is 0. The van der Waals surface area contributed by atoms with Crippen LogP contribution in [0, 0.1) is 0 Å². The summed E-state index contributed by atoms with van der Waals surface area (Å²) >= 11 is 5.82. The fourth-order valence-corrected chi connectivity index (χ4v) is 1.80. The van der Waals surface area contributed by atoms with Gasteiger partial charge < -0.3 is 0 Å². The first-order valence-corrected chi connectivity index (χ1v) is 5.63. The third-order valence-electron chi connectivity index (χ3n) is 2.62. The summed E-state index contributed by atoms with van der Waals surface area (Å²) in [7, 11) is 0. The Morgan fingerprint density at radius 2 is 1.61 bits per heavy atom.